The molecule has 9 nitrogen and oxygen atoms in total. The third-order valence-electron chi connectivity index (χ3n) is 7.12. The second-order valence-electron chi connectivity index (χ2n) is 9.82. The zero-order valence-electron chi connectivity index (χ0n) is 24.4. The normalized spacial score (nSPS) is 13.7. The highest BCUT2D eigenvalue weighted by molar-refractivity contribution is 6.41. The van der Waals surface area contributed by atoms with Gasteiger partial charge in [-0.3, -0.25) is 9.78 Å². The van der Waals surface area contributed by atoms with Gasteiger partial charge >= 0.3 is 0 Å². The summed E-state index contributed by atoms with van der Waals surface area (Å²) in [5, 5.41) is 12.3. The van der Waals surface area contributed by atoms with Gasteiger partial charge in [0.25, 0.3) is 0 Å². The van der Waals surface area contributed by atoms with Gasteiger partial charge in [-0.15, -0.1) is 0 Å². The Morgan fingerprint density at radius 2 is 1.79 bits per heavy atom. The maximum absolute atomic E-state index is 12.3. The molecule has 0 radical (unpaired) electrons. The summed E-state index contributed by atoms with van der Waals surface area (Å²) in [4.78, 5) is 21.3. The molecule has 2 aromatic carbocycles. The molecule has 0 aliphatic carbocycles. The maximum atomic E-state index is 12.3. The van der Waals surface area contributed by atoms with Crippen LogP contribution in [0.25, 0.3) is 23.5 Å². The molecule has 0 bridgehead atoms. The molecule has 0 saturated heterocycles. The van der Waals surface area contributed by atoms with Crippen LogP contribution in [0.5, 0.6) is 11.5 Å². The number of aromatic nitrogens is 1. The molecule has 222 valence electrons. The van der Waals surface area contributed by atoms with Crippen LogP contribution in [0.2, 0.25) is 10.0 Å². The zero-order chi connectivity index (χ0) is 30.4. The van der Waals surface area contributed by atoms with Crippen molar-refractivity contribution in [2.45, 2.75) is 13.1 Å². The fourth-order valence-corrected chi connectivity index (χ4v) is 5.14. The van der Waals surface area contributed by atoms with Gasteiger partial charge in [0.2, 0.25) is 5.91 Å². The van der Waals surface area contributed by atoms with Crippen LogP contribution < -0.4 is 40.8 Å². The molecule has 1 aliphatic rings. The second-order valence-corrected chi connectivity index (χ2v) is 10.6. The number of anilines is 3. The van der Waals surface area contributed by atoms with Crippen molar-refractivity contribution in [3.63, 3.8) is 0 Å². The van der Waals surface area contributed by atoms with E-state index in [4.69, 9.17) is 32.7 Å². The Morgan fingerprint density at radius 3 is 2.43 bits per heavy atom. The van der Waals surface area contributed by atoms with Gasteiger partial charge in [-0.05, 0) is 50.0 Å². The smallest absolute Gasteiger partial charge is 0.247 e. The Bertz CT molecular complexity index is 1570. The fourth-order valence-electron chi connectivity index (χ4n) is 4.44. The minimum absolute atomic E-state index is 0.268. The SMILES string of the molecule is C=CC(=O)Nc1cc(N(C)CCN(C)CC)ccc1NC1C=c2cnc(-c3c(Cl)c(OC)cc(OC)c3Cl)cc2=CN1. The number of halogens is 2. The number of hydrogen-bond acceptors (Lipinski definition) is 8. The van der Waals surface area contributed by atoms with E-state index in [0.29, 0.717) is 38.5 Å². The number of hydrogen-bond donors (Lipinski definition) is 3. The van der Waals surface area contributed by atoms with Gasteiger partial charge < -0.3 is 35.2 Å². The van der Waals surface area contributed by atoms with Gasteiger partial charge in [0.05, 0.1) is 41.3 Å². The lowest BCUT2D eigenvalue weighted by molar-refractivity contribution is -0.111. The number of pyridine rings is 1. The highest BCUT2D eigenvalue weighted by Gasteiger charge is 2.20. The monoisotopic (exact) mass is 610 g/mol. The molecule has 1 aromatic heterocycles. The number of carbonyl (C=O) groups is 1. The molecular formula is C31H36Cl2N6O3. The Morgan fingerprint density at radius 1 is 1.07 bits per heavy atom. The lowest BCUT2D eigenvalue weighted by Gasteiger charge is -2.25. The largest absolute Gasteiger partial charge is 0.495 e. The molecule has 1 amide bonds. The first-order valence-corrected chi connectivity index (χ1v) is 14.2. The van der Waals surface area contributed by atoms with Crippen molar-refractivity contribution < 1.29 is 14.3 Å². The Labute approximate surface area is 256 Å². The molecule has 1 unspecified atom stereocenters. The maximum Gasteiger partial charge on any atom is 0.247 e. The van der Waals surface area contributed by atoms with Crippen LogP contribution in [-0.2, 0) is 4.79 Å². The number of methoxy groups -OCH3 is 2. The lowest BCUT2D eigenvalue weighted by Crippen LogP contribution is -2.42. The van der Waals surface area contributed by atoms with Crippen LogP contribution in [0, 0.1) is 0 Å². The summed E-state index contributed by atoms with van der Waals surface area (Å²) in [5.74, 6) is 0.592. The average molecular weight is 612 g/mol. The predicted octanol–water partition coefficient (Wildman–Crippen LogP) is 4.14. The summed E-state index contributed by atoms with van der Waals surface area (Å²) in [6.45, 7) is 8.49. The van der Waals surface area contributed by atoms with E-state index in [2.05, 4.69) is 51.3 Å². The number of amides is 1. The number of nitrogens with one attached hydrogen (secondary N) is 3. The van der Waals surface area contributed by atoms with Crippen molar-refractivity contribution in [1.82, 2.24) is 15.2 Å². The molecule has 3 aromatic rings. The first-order valence-electron chi connectivity index (χ1n) is 13.5. The van der Waals surface area contributed by atoms with Gasteiger partial charge in [-0.25, -0.2) is 0 Å². The van der Waals surface area contributed by atoms with Crippen molar-refractivity contribution in [2.24, 2.45) is 0 Å². The van der Waals surface area contributed by atoms with E-state index < -0.39 is 0 Å². The van der Waals surface area contributed by atoms with Gasteiger partial charge in [-0.2, -0.15) is 0 Å². The molecule has 0 fully saturated rings. The number of carbonyl (C=O) groups excluding carboxylic acids is 1. The van der Waals surface area contributed by atoms with Crippen molar-refractivity contribution in [3.8, 4) is 22.8 Å². The first kappa shape index (κ1) is 31.0. The minimum atomic E-state index is -0.288. The Hall–Kier alpha value is -3.92. The van der Waals surface area contributed by atoms with Crippen molar-refractivity contribution in [3.05, 3.63) is 69.7 Å². The van der Waals surface area contributed by atoms with Gasteiger partial charge in [0.1, 0.15) is 17.7 Å². The van der Waals surface area contributed by atoms with Crippen molar-refractivity contribution in [1.29, 1.82) is 0 Å². The summed E-state index contributed by atoms with van der Waals surface area (Å²) in [6.07, 6.45) is 6.66. The Balaban J connectivity index is 1.61. The lowest BCUT2D eigenvalue weighted by atomic mass is 10.1. The van der Waals surface area contributed by atoms with E-state index in [-0.39, 0.29) is 12.1 Å². The molecule has 42 heavy (non-hydrogen) atoms. The topological polar surface area (TPSA) is 91.0 Å². The van der Waals surface area contributed by atoms with E-state index in [9.17, 15) is 4.79 Å². The number of nitrogens with zero attached hydrogens (tertiary/aromatic N) is 3. The number of benzene rings is 2. The summed E-state index contributed by atoms with van der Waals surface area (Å²) in [6, 6.07) is 9.49. The number of likely N-dealkylation sites (N-methyl/N-ethyl adjacent to an activating group) is 2. The minimum Gasteiger partial charge on any atom is -0.495 e. The molecule has 2 heterocycles. The van der Waals surface area contributed by atoms with Crippen molar-refractivity contribution >= 4 is 58.4 Å². The average Bonchev–Trinajstić information content (AvgIpc) is 3.00. The van der Waals surface area contributed by atoms with Crippen LogP contribution in [-0.4, -0.2) is 69.9 Å². The van der Waals surface area contributed by atoms with E-state index in [0.717, 1.165) is 41.4 Å². The van der Waals surface area contributed by atoms with Gasteiger partial charge in [-0.1, -0.05) is 36.7 Å². The zero-order valence-corrected chi connectivity index (χ0v) is 25.9. The summed E-state index contributed by atoms with van der Waals surface area (Å²) in [7, 11) is 7.20. The van der Waals surface area contributed by atoms with Crippen LogP contribution in [0.1, 0.15) is 6.92 Å². The Kier molecular flexibility index (Phi) is 10.2. The third kappa shape index (κ3) is 6.92. The van der Waals surface area contributed by atoms with Gasteiger partial charge in [0, 0.05) is 60.3 Å². The molecule has 3 N–H and O–H groups in total. The predicted molar refractivity (Wildman–Crippen MR) is 173 cm³/mol. The number of fused-ring (bicyclic) bond motifs is 1. The summed E-state index contributed by atoms with van der Waals surface area (Å²) in [5.41, 5.74) is 3.51. The molecule has 1 atom stereocenters. The molecule has 4 rings (SSSR count). The standard InChI is InChI=1S/C31H36Cl2N6O3/c1-7-28(40)37-23-15-21(39(4)12-11-38(3)8-2)9-10-22(23)36-27-14-20-17-34-24(13-19(20)18-35-27)29-30(32)25(41-5)16-26(42-6)31(29)33/h7,9-10,13-18,27,35-36H,1,8,11-12H2,2-6H3,(H,37,40). The van der Waals surface area contributed by atoms with Gasteiger partial charge in [0.15, 0.2) is 0 Å². The van der Waals surface area contributed by atoms with Crippen molar-refractivity contribution in [2.75, 3.05) is 63.5 Å². The summed E-state index contributed by atoms with van der Waals surface area (Å²) < 4.78 is 10.8. The van der Waals surface area contributed by atoms with Crippen LogP contribution in [0.4, 0.5) is 17.1 Å². The molecule has 0 spiro atoms. The van der Waals surface area contributed by atoms with E-state index in [1.54, 1.807) is 12.3 Å². The highest BCUT2D eigenvalue weighted by atomic mass is 35.5. The van der Waals surface area contributed by atoms with E-state index >= 15 is 0 Å². The van der Waals surface area contributed by atoms with Crippen LogP contribution in [0.15, 0.2) is 49.2 Å². The quantitative estimate of drug-likeness (QED) is 0.264. The third-order valence-corrected chi connectivity index (χ3v) is 7.87. The fraction of sp³-hybridized carbons (Fsp3) is 0.290. The molecule has 11 heteroatoms. The van der Waals surface area contributed by atoms with Crippen LogP contribution in [0.3, 0.4) is 0 Å². The van der Waals surface area contributed by atoms with Crippen LogP contribution >= 0.6 is 23.2 Å². The second kappa shape index (κ2) is 13.8. The number of ether oxygens (including phenoxy) is 2. The molecule has 1 aliphatic heterocycles. The highest BCUT2D eigenvalue weighted by Crippen LogP contribution is 2.45. The van der Waals surface area contributed by atoms with E-state index in [1.165, 1.54) is 20.3 Å². The molecule has 0 saturated carbocycles. The molecular weight excluding hydrogens is 575 g/mol. The van der Waals surface area contributed by atoms with E-state index in [1.807, 2.05) is 43.6 Å². The number of rotatable bonds is 12. The first-order chi connectivity index (χ1) is 20.2. The summed E-state index contributed by atoms with van der Waals surface area (Å²) >= 11 is 13.2.